The van der Waals surface area contributed by atoms with E-state index in [1.807, 2.05) is 32.0 Å². The van der Waals surface area contributed by atoms with Crippen LogP contribution < -0.4 is 5.32 Å². The molecule has 0 spiro atoms. The van der Waals surface area contributed by atoms with Crippen LogP contribution in [0.2, 0.25) is 0 Å². The minimum atomic E-state index is -0.657. The molecule has 3 rings (SSSR count). The Kier molecular flexibility index (Phi) is 7.26. The summed E-state index contributed by atoms with van der Waals surface area (Å²) in [5.74, 6) is -1.67. The summed E-state index contributed by atoms with van der Waals surface area (Å²) in [5, 5.41) is 15.1. The van der Waals surface area contributed by atoms with Crippen molar-refractivity contribution in [2.24, 2.45) is 0 Å². The van der Waals surface area contributed by atoms with Gasteiger partial charge < -0.3 is 14.8 Å². The summed E-state index contributed by atoms with van der Waals surface area (Å²) in [4.78, 5) is 37.1. The van der Waals surface area contributed by atoms with E-state index >= 15 is 0 Å². The maximum absolute atomic E-state index is 12.6. The second kappa shape index (κ2) is 9.92. The maximum Gasteiger partial charge on any atom is 0.348 e. The van der Waals surface area contributed by atoms with E-state index in [1.165, 1.54) is 14.2 Å². The number of thioether (sulfide) groups is 1. The number of benzene rings is 1. The number of nitrogens with one attached hydrogen (secondary N) is 1. The standard InChI is InChI=1S/C20H21N5O5S2/c1-10-6-7-11(2)13(8-10)25-20(22-23-24-25)31-9-14(26)21-17-15(18(27)29-4)12(3)16(32-17)19(28)30-5/h6-8H,9H2,1-5H3,(H,21,26). The van der Waals surface area contributed by atoms with Crippen LogP contribution in [0.1, 0.15) is 36.7 Å². The fraction of sp³-hybridized carbons (Fsp3) is 0.300. The number of hydrogen-bond donors (Lipinski definition) is 1. The minimum absolute atomic E-state index is 0.0175. The van der Waals surface area contributed by atoms with Gasteiger partial charge in [-0.2, -0.15) is 4.68 Å². The van der Waals surface area contributed by atoms with Gasteiger partial charge in [0.05, 0.1) is 31.2 Å². The topological polar surface area (TPSA) is 125 Å². The summed E-state index contributed by atoms with van der Waals surface area (Å²) in [7, 11) is 2.47. The molecule has 0 aliphatic rings. The molecule has 1 aromatic carbocycles. The zero-order chi connectivity index (χ0) is 23.4. The molecule has 0 radical (unpaired) electrons. The van der Waals surface area contributed by atoms with Gasteiger partial charge in [-0.25, -0.2) is 9.59 Å². The third kappa shape index (κ3) is 4.81. The highest BCUT2D eigenvalue weighted by atomic mass is 32.2. The quantitative estimate of drug-likeness (QED) is 0.405. The molecule has 0 unspecified atom stereocenters. The van der Waals surface area contributed by atoms with E-state index in [0.717, 1.165) is 39.9 Å². The van der Waals surface area contributed by atoms with Crippen molar-refractivity contribution >= 4 is 45.9 Å². The SMILES string of the molecule is COC(=O)c1sc(NC(=O)CSc2nnnn2-c2cc(C)ccc2C)c(C(=O)OC)c1C. The van der Waals surface area contributed by atoms with Crippen molar-refractivity contribution < 1.29 is 23.9 Å². The molecule has 0 aliphatic heterocycles. The van der Waals surface area contributed by atoms with E-state index in [9.17, 15) is 14.4 Å². The number of amides is 1. The van der Waals surface area contributed by atoms with Crippen LogP contribution in [0.5, 0.6) is 0 Å². The number of hydrogen-bond acceptors (Lipinski definition) is 10. The van der Waals surface area contributed by atoms with E-state index in [0.29, 0.717) is 10.7 Å². The van der Waals surface area contributed by atoms with Crippen molar-refractivity contribution in [3.05, 3.63) is 45.3 Å². The maximum atomic E-state index is 12.6. The summed E-state index contributed by atoms with van der Waals surface area (Å²) in [6.45, 7) is 5.51. The van der Waals surface area contributed by atoms with Gasteiger partial charge in [0.15, 0.2) is 0 Å². The molecule has 168 valence electrons. The minimum Gasteiger partial charge on any atom is -0.465 e. The molecule has 2 heterocycles. The lowest BCUT2D eigenvalue weighted by Crippen LogP contribution is -2.16. The Morgan fingerprint density at radius 2 is 1.84 bits per heavy atom. The Bertz CT molecular complexity index is 1190. The molecule has 0 saturated carbocycles. The van der Waals surface area contributed by atoms with Crippen LogP contribution in [-0.4, -0.2) is 58.0 Å². The predicted molar refractivity (Wildman–Crippen MR) is 120 cm³/mol. The third-order valence-corrected chi connectivity index (χ3v) is 6.63. The highest BCUT2D eigenvalue weighted by Gasteiger charge is 2.27. The van der Waals surface area contributed by atoms with Gasteiger partial charge >= 0.3 is 11.9 Å². The molecule has 1 N–H and O–H groups in total. The zero-order valence-electron chi connectivity index (χ0n) is 18.1. The third-order valence-electron chi connectivity index (χ3n) is 4.53. The molecule has 12 heteroatoms. The molecule has 0 fully saturated rings. The Morgan fingerprint density at radius 1 is 1.12 bits per heavy atom. The number of anilines is 1. The van der Waals surface area contributed by atoms with Gasteiger partial charge in [0.1, 0.15) is 9.88 Å². The molecule has 0 aliphatic carbocycles. The van der Waals surface area contributed by atoms with Crippen LogP contribution in [-0.2, 0) is 14.3 Å². The largest absolute Gasteiger partial charge is 0.465 e. The number of esters is 2. The van der Waals surface area contributed by atoms with Crippen LogP contribution in [0.15, 0.2) is 23.4 Å². The van der Waals surface area contributed by atoms with Crippen LogP contribution >= 0.6 is 23.1 Å². The zero-order valence-corrected chi connectivity index (χ0v) is 19.7. The first kappa shape index (κ1) is 23.4. The van der Waals surface area contributed by atoms with Crippen LogP contribution in [0.4, 0.5) is 5.00 Å². The molecule has 10 nitrogen and oxygen atoms in total. The summed E-state index contributed by atoms with van der Waals surface area (Å²) in [5.41, 5.74) is 3.37. The number of ether oxygens (including phenoxy) is 2. The van der Waals surface area contributed by atoms with Crippen LogP contribution in [0, 0.1) is 20.8 Å². The lowest BCUT2D eigenvalue weighted by Gasteiger charge is -2.09. The lowest BCUT2D eigenvalue weighted by atomic mass is 10.1. The van der Waals surface area contributed by atoms with Crippen molar-refractivity contribution in [2.75, 3.05) is 25.3 Å². The van der Waals surface area contributed by atoms with Crippen LogP contribution in [0.3, 0.4) is 0 Å². The molecule has 3 aromatic rings. The predicted octanol–water partition coefficient (Wildman–Crippen LogP) is 2.95. The fourth-order valence-corrected chi connectivity index (χ4v) is 4.71. The highest BCUT2D eigenvalue weighted by Crippen LogP contribution is 2.34. The number of methoxy groups -OCH3 is 2. The Hall–Kier alpha value is -3.25. The highest BCUT2D eigenvalue weighted by molar-refractivity contribution is 7.99. The number of carbonyl (C=O) groups is 3. The average Bonchev–Trinajstić information content (AvgIpc) is 3.37. The normalized spacial score (nSPS) is 10.7. The molecular formula is C20H21N5O5S2. The van der Waals surface area contributed by atoms with Crippen molar-refractivity contribution in [3.63, 3.8) is 0 Å². The average molecular weight is 476 g/mol. The van der Waals surface area contributed by atoms with E-state index in [1.54, 1.807) is 11.6 Å². The number of tetrazole rings is 1. The number of carbonyl (C=O) groups excluding carboxylic acids is 3. The van der Waals surface area contributed by atoms with Gasteiger partial charge in [0, 0.05) is 0 Å². The summed E-state index contributed by atoms with van der Waals surface area (Å²) in [6.07, 6.45) is 0. The molecule has 0 saturated heterocycles. The first-order valence-corrected chi connectivity index (χ1v) is 11.2. The first-order valence-electron chi connectivity index (χ1n) is 9.35. The fourth-order valence-electron chi connectivity index (χ4n) is 2.90. The number of aromatic nitrogens is 4. The number of rotatable bonds is 7. The Balaban J connectivity index is 1.78. The van der Waals surface area contributed by atoms with Crippen molar-refractivity contribution in [2.45, 2.75) is 25.9 Å². The smallest absolute Gasteiger partial charge is 0.348 e. The van der Waals surface area contributed by atoms with Gasteiger partial charge in [0.2, 0.25) is 11.1 Å². The summed E-state index contributed by atoms with van der Waals surface area (Å²) < 4.78 is 11.1. The molecule has 0 atom stereocenters. The molecule has 1 amide bonds. The van der Waals surface area contributed by atoms with E-state index in [4.69, 9.17) is 9.47 Å². The van der Waals surface area contributed by atoms with Crippen molar-refractivity contribution in [1.29, 1.82) is 0 Å². The monoisotopic (exact) mass is 475 g/mol. The van der Waals surface area contributed by atoms with Gasteiger partial charge in [-0.05, 0) is 54.0 Å². The van der Waals surface area contributed by atoms with E-state index < -0.39 is 17.8 Å². The number of nitrogens with zero attached hydrogens (tertiary/aromatic N) is 4. The Morgan fingerprint density at radius 3 is 2.53 bits per heavy atom. The van der Waals surface area contributed by atoms with Gasteiger partial charge in [-0.3, -0.25) is 4.79 Å². The van der Waals surface area contributed by atoms with Gasteiger partial charge in [-0.15, -0.1) is 16.4 Å². The number of thiophene rings is 1. The van der Waals surface area contributed by atoms with Crippen LogP contribution in [0.25, 0.3) is 5.69 Å². The molecule has 2 aromatic heterocycles. The molecular weight excluding hydrogens is 454 g/mol. The van der Waals surface area contributed by atoms with E-state index in [-0.39, 0.29) is 21.2 Å². The second-order valence-electron chi connectivity index (χ2n) is 6.74. The second-order valence-corrected chi connectivity index (χ2v) is 8.71. The lowest BCUT2D eigenvalue weighted by molar-refractivity contribution is -0.113. The first-order chi connectivity index (χ1) is 15.3. The van der Waals surface area contributed by atoms with Crippen molar-refractivity contribution in [1.82, 2.24) is 20.2 Å². The van der Waals surface area contributed by atoms with Crippen molar-refractivity contribution in [3.8, 4) is 5.69 Å². The molecule has 0 bridgehead atoms. The van der Waals surface area contributed by atoms with Gasteiger partial charge in [0.25, 0.3) is 0 Å². The Labute approximate surface area is 192 Å². The summed E-state index contributed by atoms with van der Waals surface area (Å²) >= 11 is 2.10. The molecule has 32 heavy (non-hydrogen) atoms. The van der Waals surface area contributed by atoms with E-state index in [2.05, 4.69) is 20.8 Å². The summed E-state index contributed by atoms with van der Waals surface area (Å²) in [6, 6.07) is 5.93. The number of aryl methyl sites for hydroxylation is 2. The van der Waals surface area contributed by atoms with Gasteiger partial charge in [-0.1, -0.05) is 23.9 Å².